The summed E-state index contributed by atoms with van der Waals surface area (Å²) in [6.45, 7) is 14.0. The Balaban J connectivity index is 2.41. The van der Waals surface area contributed by atoms with E-state index in [-0.39, 0.29) is 6.09 Å². The third kappa shape index (κ3) is 13.5. The summed E-state index contributed by atoms with van der Waals surface area (Å²) in [5.41, 5.74) is 0.436. The van der Waals surface area contributed by atoms with E-state index in [4.69, 9.17) is 9.47 Å². The molecule has 0 unspecified atom stereocenters. The number of carbonyl (C=O) groups is 1. The molecule has 0 saturated heterocycles. The molecular formula is C23H41N5O3. The predicted octanol–water partition coefficient (Wildman–Crippen LogP) is 3.44. The van der Waals surface area contributed by atoms with Crippen molar-refractivity contribution in [1.29, 1.82) is 0 Å². The summed E-state index contributed by atoms with van der Waals surface area (Å²) in [7, 11) is 1.75. The molecule has 0 aromatic carbocycles. The van der Waals surface area contributed by atoms with Gasteiger partial charge < -0.3 is 25.0 Å². The zero-order valence-corrected chi connectivity index (χ0v) is 20.1. The summed E-state index contributed by atoms with van der Waals surface area (Å²) in [5, 5.41) is 6.58. The summed E-state index contributed by atoms with van der Waals surface area (Å²) in [4.78, 5) is 22.7. The highest BCUT2D eigenvalue weighted by atomic mass is 16.6. The zero-order chi connectivity index (χ0) is 23.1. The highest BCUT2D eigenvalue weighted by molar-refractivity contribution is 5.79. The van der Waals surface area contributed by atoms with E-state index in [0.717, 1.165) is 44.1 Å². The second-order valence-electron chi connectivity index (χ2n) is 8.86. The van der Waals surface area contributed by atoms with Gasteiger partial charge in [0.15, 0.2) is 5.96 Å². The number of hydrogen-bond acceptors (Lipinski definition) is 5. The van der Waals surface area contributed by atoms with E-state index in [2.05, 4.69) is 34.5 Å². The molecule has 0 fully saturated rings. The number of carbonyl (C=O) groups excluding carboxylic acids is 1. The average molecular weight is 436 g/mol. The van der Waals surface area contributed by atoms with Crippen LogP contribution in [0.5, 0.6) is 0 Å². The molecule has 2 N–H and O–H groups in total. The lowest BCUT2D eigenvalue weighted by Crippen LogP contribution is -2.41. The number of nitrogens with zero attached hydrogens (tertiary/aromatic N) is 3. The van der Waals surface area contributed by atoms with Gasteiger partial charge in [-0.3, -0.25) is 9.98 Å². The van der Waals surface area contributed by atoms with E-state index >= 15 is 0 Å². The monoisotopic (exact) mass is 435 g/mol. The Hall–Kier alpha value is -2.35. The van der Waals surface area contributed by atoms with Crippen molar-refractivity contribution in [2.45, 2.75) is 59.6 Å². The molecule has 0 atom stereocenters. The molecule has 0 aliphatic rings. The second-order valence-corrected chi connectivity index (χ2v) is 8.86. The van der Waals surface area contributed by atoms with Crippen molar-refractivity contribution in [2.24, 2.45) is 10.9 Å². The Bertz CT molecular complexity index is 644. The van der Waals surface area contributed by atoms with E-state index in [1.54, 1.807) is 24.3 Å². The lowest BCUT2D eigenvalue weighted by molar-refractivity contribution is 0.0232. The van der Waals surface area contributed by atoms with Gasteiger partial charge in [-0.15, -0.1) is 0 Å². The Morgan fingerprint density at radius 2 is 1.94 bits per heavy atom. The minimum atomic E-state index is -0.534. The predicted molar refractivity (Wildman–Crippen MR) is 125 cm³/mol. The average Bonchev–Trinajstić information content (AvgIpc) is 2.70. The minimum absolute atomic E-state index is 0.319. The van der Waals surface area contributed by atoms with Gasteiger partial charge in [0.1, 0.15) is 5.60 Å². The first kappa shape index (κ1) is 26.7. The number of aromatic nitrogens is 1. The molecule has 1 aromatic rings. The van der Waals surface area contributed by atoms with Crippen molar-refractivity contribution in [3.05, 3.63) is 30.1 Å². The van der Waals surface area contributed by atoms with E-state index in [9.17, 15) is 4.79 Å². The molecule has 8 heteroatoms. The van der Waals surface area contributed by atoms with Crippen molar-refractivity contribution in [2.75, 3.05) is 39.9 Å². The number of amides is 1. The molecule has 0 aliphatic heterocycles. The van der Waals surface area contributed by atoms with Crippen LogP contribution in [0.25, 0.3) is 0 Å². The highest BCUT2D eigenvalue weighted by Crippen LogP contribution is 2.12. The maximum Gasteiger partial charge on any atom is 0.410 e. The van der Waals surface area contributed by atoms with Crippen molar-refractivity contribution < 1.29 is 14.3 Å². The molecule has 1 amide bonds. The fourth-order valence-corrected chi connectivity index (χ4v) is 2.67. The third-order valence-electron chi connectivity index (χ3n) is 4.08. The van der Waals surface area contributed by atoms with Gasteiger partial charge in [0.25, 0.3) is 0 Å². The Kier molecular flexibility index (Phi) is 12.6. The van der Waals surface area contributed by atoms with Gasteiger partial charge in [-0.25, -0.2) is 4.79 Å². The largest absolute Gasteiger partial charge is 0.444 e. The SMILES string of the molecule is CN=C(NCCCOCC(C)C)NCCCN(Cc1cccnc1)C(=O)OC(C)(C)C. The Morgan fingerprint density at radius 3 is 2.52 bits per heavy atom. The van der Waals surface area contributed by atoms with Crippen molar-refractivity contribution >= 4 is 12.1 Å². The van der Waals surface area contributed by atoms with Crippen molar-refractivity contribution in [1.82, 2.24) is 20.5 Å². The van der Waals surface area contributed by atoms with Crippen LogP contribution in [0.4, 0.5) is 4.79 Å². The Morgan fingerprint density at radius 1 is 1.23 bits per heavy atom. The maximum atomic E-state index is 12.6. The van der Waals surface area contributed by atoms with Crippen LogP contribution in [0, 0.1) is 5.92 Å². The quantitative estimate of drug-likeness (QED) is 0.297. The van der Waals surface area contributed by atoms with Crippen LogP contribution in [0.15, 0.2) is 29.5 Å². The first-order chi connectivity index (χ1) is 14.7. The highest BCUT2D eigenvalue weighted by Gasteiger charge is 2.22. The number of guanidine groups is 1. The summed E-state index contributed by atoms with van der Waals surface area (Å²) < 4.78 is 11.2. The molecule has 0 radical (unpaired) electrons. The molecule has 31 heavy (non-hydrogen) atoms. The third-order valence-corrected chi connectivity index (χ3v) is 4.08. The van der Waals surface area contributed by atoms with Gasteiger partial charge in [0.2, 0.25) is 0 Å². The fourth-order valence-electron chi connectivity index (χ4n) is 2.67. The molecule has 8 nitrogen and oxygen atoms in total. The van der Waals surface area contributed by atoms with E-state index in [1.807, 2.05) is 32.9 Å². The number of rotatable bonds is 12. The minimum Gasteiger partial charge on any atom is -0.444 e. The van der Waals surface area contributed by atoms with Crippen LogP contribution < -0.4 is 10.6 Å². The standard InChI is InChI=1S/C23H41N5O3/c1-19(2)18-30-15-9-13-27-21(24-6)26-12-8-14-28(22(29)31-23(3,4)5)17-20-10-7-11-25-16-20/h7,10-11,16,19H,8-9,12-15,17-18H2,1-6H3,(H2,24,26,27). The van der Waals surface area contributed by atoms with E-state index in [0.29, 0.717) is 25.6 Å². The van der Waals surface area contributed by atoms with Gasteiger partial charge in [-0.1, -0.05) is 19.9 Å². The zero-order valence-electron chi connectivity index (χ0n) is 20.1. The molecule has 1 heterocycles. The van der Waals surface area contributed by atoms with Crippen molar-refractivity contribution in [3.63, 3.8) is 0 Å². The molecule has 176 valence electrons. The summed E-state index contributed by atoms with van der Waals surface area (Å²) in [6.07, 6.45) is 4.86. The van der Waals surface area contributed by atoms with Crippen LogP contribution >= 0.6 is 0 Å². The van der Waals surface area contributed by atoms with Gasteiger partial charge in [-0.2, -0.15) is 0 Å². The van der Waals surface area contributed by atoms with Crippen LogP contribution in [0.3, 0.4) is 0 Å². The molecule has 1 rings (SSSR count). The molecular weight excluding hydrogens is 394 g/mol. The number of aliphatic imine (C=N–C) groups is 1. The first-order valence-electron chi connectivity index (χ1n) is 11.1. The van der Waals surface area contributed by atoms with Gasteiger partial charge in [-0.05, 0) is 51.2 Å². The van der Waals surface area contributed by atoms with E-state index < -0.39 is 5.60 Å². The van der Waals surface area contributed by atoms with Crippen LogP contribution in [0.2, 0.25) is 0 Å². The summed E-state index contributed by atoms with van der Waals surface area (Å²) >= 11 is 0. The summed E-state index contributed by atoms with van der Waals surface area (Å²) in [5.74, 6) is 1.31. The lowest BCUT2D eigenvalue weighted by atomic mass is 10.2. The van der Waals surface area contributed by atoms with E-state index in [1.165, 1.54) is 0 Å². The molecule has 0 bridgehead atoms. The summed E-state index contributed by atoms with van der Waals surface area (Å²) in [6, 6.07) is 3.83. The number of pyridine rings is 1. The van der Waals surface area contributed by atoms with Crippen LogP contribution in [0.1, 0.15) is 53.0 Å². The molecule has 1 aromatic heterocycles. The smallest absolute Gasteiger partial charge is 0.410 e. The first-order valence-corrected chi connectivity index (χ1v) is 11.1. The molecule has 0 spiro atoms. The fraction of sp³-hybridized carbons (Fsp3) is 0.696. The number of hydrogen-bond donors (Lipinski definition) is 2. The normalized spacial score (nSPS) is 12.0. The lowest BCUT2D eigenvalue weighted by Gasteiger charge is -2.27. The topological polar surface area (TPSA) is 88.1 Å². The molecule has 0 aliphatic carbocycles. The number of nitrogens with one attached hydrogen (secondary N) is 2. The van der Waals surface area contributed by atoms with Crippen LogP contribution in [-0.4, -0.2) is 67.4 Å². The maximum absolute atomic E-state index is 12.6. The van der Waals surface area contributed by atoms with Gasteiger partial charge in [0, 0.05) is 52.3 Å². The van der Waals surface area contributed by atoms with Gasteiger partial charge >= 0.3 is 6.09 Å². The van der Waals surface area contributed by atoms with Crippen molar-refractivity contribution in [3.8, 4) is 0 Å². The van der Waals surface area contributed by atoms with Crippen LogP contribution in [-0.2, 0) is 16.0 Å². The molecule has 0 saturated carbocycles. The number of ether oxygens (including phenoxy) is 2. The Labute approximate surface area is 187 Å². The van der Waals surface area contributed by atoms with Gasteiger partial charge in [0.05, 0.1) is 6.54 Å². The second kappa shape index (κ2) is 14.6.